The number of allylic oxidation sites excluding steroid dienone is 2. The van der Waals surface area contributed by atoms with E-state index in [0.29, 0.717) is 11.8 Å². The van der Waals surface area contributed by atoms with Crippen molar-refractivity contribution in [2.45, 2.75) is 56.6 Å². The Labute approximate surface area is 157 Å². The van der Waals surface area contributed by atoms with Crippen molar-refractivity contribution >= 4 is 17.7 Å². The lowest BCUT2D eigenvalue weighted by Crippen LogP contribution is -2.34. The summed E-state index contributed by atoms with van der Waals surface area (Å²) in [6.07, 6.45) is 10.7. The Hall–Kier alpha value is -2.02. The van der Waals surface area contributed by atoms with E-state index >= 15 is 0 Å². The average molecular weight is 372 g/mol. The van der Waals surface area contributed by atoms with E-state index in [9.17, 15) is 4.79 Å². The number of aromatic nitrogens is 3. The standard InChI is InChI=1S/C19H24N4O2S/c1-13-16(10-11-25-13)18-20-21-19(22(18)2)26-12-17(24)23(15-8-9-15)14-6-4-3-5-7-14/h6,10-11,15H,3-5,7-9,12H2,1-2H3. The topological polar surface area (TPSA) is 64.2 Å². The first-order chi connectivity index (χ1) is 12.6. The molecule has 7 heteroatoms. The lowest BCUT2D eigenvalue weighted by atomic mass is 10.0. The van der Waals surface area contributed by atoms with Crippen LogP contribution in [0.2, 0.25) is 0 Å². The van der Waals surface area contributed by atoms with E-state index in [1.807, 2.05) is 24.6 Å². The quantitative estimate of drug-likeness (QED) is 0.719. The van der Waals surface area contributed by atoms with Crippen LogP contribution in [0.4, 0.5) is 0 Å². The Morgan fingerprint density at radius 2 is 2.23 bits per heavy atom. The molecule has 0 unspecified atom stereocenters. The van der Waals surface area contributed by atoms with Crippen LogP contribution < -0.4 is 0 Å². The zero-order valence-corrected chi connectivity index (χ0v) is 16.1. The SMILES string of the molecule is Cc1occc1-c1nnc(SCC(=O)N(C2=CCCCC2)C2CC2)n1C. The first-order valence-corrected chi connectivity index (χ1v) is 10.2. The summed E-state index contributed by atoms with van der Waals surface area (Å²) in [6, 6.07) is 2.31. The highest BCUT2D eigenvalue weighted by molar-refractivity contribution is 7.99. The van der Waals surface area contributed by atoms with Crippen molar-refractivity contribution in [3.63, 3.8) is 0 Å². The molecule has 0 saturated heterocycles. The molecule has 2 aliphatic rings. The van der Waals surface area contributed by atoms with Gasteiger partial charge in [0.1, 0.15) is 5.76 Å². The van der Waals surface area contributed by atoms with Gasteiger partial charge in [0.05, 0.1) is 17.6 Å². The molecular weight excluding hydrogens is 348 g/mol. The molecule has 0 radical (unpaired) electrons. The number of hydrogen-bond acceptors (Lipinski definition) is 5. The molecule has 6 nitrogen and oxygen atoms in total. The smallest absolute Gasteiger partial charge is 0.237 e. The van der Waals surface area contributed by atoms with Gasteiger partial charge in [-0.3, -0.25) is 4.79 Å². The number of aryl methyl sites for hydroxylation is 1. The summed E-state index contributed by atoms with van der Waals surface area (Å²) < 4.78 is 7.29. The van der Waals surface area contributed by atoms with E-state index in [4.69, 9.17) is 4.42 Å². The number of amides is 1. The van der Waals surface area contributed by atoms with Crippen molar-refractivity contribution in [1.29, 1.82) is 0 Å². The number of thioether (sulfide) groups is 1. The molecule has 0 N–H and O–H groups in total. The molecule has 1 saturated carbocycles. The predicted octanol–water partition coefficient (Wildman–Crippen LogP) is 3.92. The maximum atomic E-state index is 12.9. The molecule has 0 bridgehead atoms. The van der Waals surface area contributed by atoms with Gasteiger partial charge in [-0.05, 0) is 51.5 Å². The van der Waals surface area contributed by atoms with E-state index in [-0.39, 0.29) is 5.91 Å². The summed E-state index contributed by atoms with van der Waals surface area (Å²) >= 11 is 1.46. The minimum atomic E-state index is 0.190. The molecule has 2 aliphatic carbocycles. The fourth-order valence-corrected chi connectivity index (χ4v) is 4.23. The van der Waals surface area contributed by atoms with Crippen LogP contribution in [0.5, 0.6) is 0 Å². The maximum Gasteiger partial charge on any atom is 0.237 e. The molecule has 0 spiro atoms. The zero-order valence-electron chi connectivity index (χ0n) is 15.3. The van der Waals surface area contributed by atoms with Crippen LogP contribution >= 0.6 is 11.8 Å². The van der Waals surface area contributed by atoms with Crippen molar-refractivity contribution < 1.29 is 9.21 Å². The highest BCUT2D eigenvalue weighted by Gasteiger charge is 2.35. The first kappa shape index (κ1) is 17.4. The second-order valence-electron chi connectivity index (χ2n) is 6.98. The Morgan fingerprint density at radius 1 is 1.38 bits per heavy atom. The van der Waals surface area contributed by atoms with Gasteiger partial charge < -0.3 is 13.9 Å². The van der Waals surface area contributed by atoms with Crippen LogP contribution in [-0.4, -0.2) is 37.4 Å². The van der Waals surface area contributed by atoms with E-state index < -0.39 is 0 Å². The molecule has 2 aromatic heterocycles. The monoisotopic (exact) mass is 372 g/mol. The van der Waals surface area contributed by atoms with Crippen molar-refractivity contribution in [2.75, 3.05) is 5.75 Å². The van der Waals surface area contributed by atoms with Crippen LogP contribution in [0.25, 0.3) is 11.4 Å². The van der Waals surface area contributed by atoms with Gasteiger partial charge >= 0.3 is 0 Å². The molecule has 1 fully saturated rings. The highest BCUT2D eigenvalue weighted by Crippen LogP contribution is 2.35. The van der Waals surface area contributed by atoms with Gasteiger partial charge in [0, 0.05) is 18.8 Å². The van der Waals surface area contributed by atoms with Gasteiger partial charge in [-0.15, -0.1) is 10.2 Å². The minimum absolute atomic E-state index is 0.190. The maximum absolute atomic E-state index is 12.9. The second kappa shape index (κ2) is 7.31. The van der Waals surface area contributed by atoms with Gasteiger partial charge in [-0.1, -0.05) is 17.8 Å². The van der Waals surface area contributed by atoms with Crippen molar-refractivity contribution in [3.05, 3.63) is 29.9 Å². The van der Waals surface area contributed by atoms with Crippen LogP contribution in [0.1, 0.15) is 44.3 Å². The first-order valence-electron chi connectivity index (χ1n) is 9.23. The van der Waals surface area contributed by atoms with Gasteiger partial charge in [0.15, 0.2) is 11.0 Å². The fraction of sp³-hybridized carbons (Fsp3) is 0.526. The molecule has 0 atom stereocenters. The van der Waals surface area contributed by atoms with Gasteiger partial charge in [0.25, 0.3) is 0 Å². The lowest BCUT2D eigenvalue weighted by Gasteiger charge is -2.27. The summed E-state index contributed by atoms with van der Waals surface area (Å²) in [5.41, 5.74) is 2.17. The van der Waals surface area contributed by atoms with Crippen LogP contribution in [0.15, 0.2) is 33.7 Å². The van der Waals surface area contributed by atoms with E-state index in [1.165, 1.54) is 30.3 Å². The molecule has 4 rings (SSSR count). The second-order valence-corrected chi connectivity index (χ2v) is 7.92. The van der Waals surface area contributed by atoms with Crippen molar-refractivity contribution in [1.82, 2.24) is 19.7 Å². The molecule has 0 aliphatic heterocycles. The summed E-state index contributed by atoms with van der Waals surface area (Å²) in [6.45, 7) is 1.91. The van der Waals surface area contributed by atoms with E-state index in [0.717, 1.165) is 48.0 Å². The predicted molar refractivity (Wildman–Crippen MR) is 101 cm³/mol. The molecule has 1 amide bonds. The van der Waals surface area contributed by atoms with E-state index in [2.05, 4.69) is 21.2 Å². The van der Waals surface area contributed by atoms with Crippen LogP contribution in [-0.2, 0) is 11.8 Å². The molecule has 2 heterocycles. The Kier molecular flexibility index (Phi) is 4.89. The number of carbonyl (C=O) groups excluding carboxylic acids is 1. The molecule has 2 aromatic rings. The van der Waals surface area contributed by atoms with E-state index in [1.54, 1.807) is 6.26 Å². The number of furan rings is 1. The molecule has 0 aromatic carbocycles. The number of rotatable bonds is 6. The van der Waals surface area contributed by atoms with Gasteiger partial charge in [-0.25, -0.2) is 0 Å². The molecule has 26 heavy (non-hydrogen) atoms. The normalized spacial score (nSPS) is 17.2. The largest absolute Gasteiger partial charge is 0.469 e. The third kappa shape index (κ3) is 3.45. The lowest BCUT2D eigenvalue weighted by molar-refractivity contribution is -0.127. The average Bonchev–Trinajstić information content (AvgIpc) is 3.28. The zero-order chi connectivity index (χ0) is 18.1. The third-order valence-electron chi connectivity index (χ3n) is 5.02. The van der Waals surface area contributed by atoms with Crippen molar-refractivity contribution in [2.24, 2.45) is 7.05 Å². The Balaban J connectivity index is 1.45. The number of carbonyl (C=O) groups is 1. The highest BCUT2D eigenvalue weighted by atomic mass is 32.2. The van der Waals surface area contributed by atoms with Crippen LogP contribution in [0.3, 0.4) is 0 Å². The Morgan fingerprint density at radius 3 is 2.88 bits per heavy atom. The number of nitrogens with zero attached hydrogens (tertiary/aromatic N) is 4. The Bertz CT molecular complexity index is 834. The molecule has 138 valence electrons. The summed E-state index contributed by atoms with van der Waals surface area (Å²) in [5.74, 6) is 2.16. The minimum Gasteiger partial charge on any atom is -0.469 e. The van der Waals surface area contributed by atoms with Crippen LogP contribution in [0, 0.1) is 6.92 Å². The fourth-order valence-electron chi connectivity index (χ4n) is 3.46. The summed E-state index contributed by atoms with van der Waals surface area (Å²) in [5, 5.41) is 9.29. The number of hydrogen-bond donors (Lipinski definition) is 0. The molecular formula is C19H24N4O2S. The third-order valence-corrected chi connectivity index (χ3v) is 6.02. The van der Waals surface area contributed by atoms with Gasteiger partial charge in [-0.2, -0.15) is 0 Å². The van der Waals surface area contributed by atoms with Gasteiger partial charge in [0.2, 0.25) is 5.91 Å². The summed E-state index contributed by atoms with van der Waals surface area (Å²) in [4.78, 5) is 14.9. The van der Waals surface area contributed by atoms with Crippen molar-refractivity contribution in [3.8, 4) is 11.4 Å². The summed E-state index contributed by atoms with van der Waals surface area (Å²) in [7, 11) is 1.93.